The van der Waals surface area contributed by atoms with Gasteiger partial charge in [0.2, 0.25) is 11.8 Å². The van der Waals surface area contributed by atoms with Crippen LogP contribution in [-0.4, -0.2) is 34.6 Å². The van der Waals surface area contributed by atoms with Crippen LogP contribution in [0.15, 0.2) is 72.8 Å². The molecule has 0 spiro atoms. The predicted molar refractivity (Wildman–Crippen MR) is 159 cm³/mol. The molecule has 8 heteroatoms. The van der Waals surface area contributed by atoms with Crippen LogP contribution < -0.4 is 5.32 Å². The lowest BCUT2D eigenvalue weighted by atomic mass is 10.0. The number of hydrogen-bond acceptors (Lipinski definition) is 3. The Morgan fingerprint density at radius 3 is 2.18 bits per heavy atom. The standard InChI is InChI=1S/C30H31Cl3N2O2S/c31-23-15-13-22(14-16-23)18-35(29(36)20-38-19-25-26(32)11-6-12-27(25)33)28(17-21-7-2-1-3-8-21)30(37)34-24-9-4-5-10-24/h1-3,6-8,11-16,24,28H,4-5,9-10,17-20H2,(H,34,37). The number of nitrogens with zero attached hydrogens (tertiary/aromatic N) is 1. The second kappa shape index (κ2) is 14.3. The minimum atomic E-state index is -0.648. The smallest absolute Gasteiger partial charge is 0.243 e. The summed E-state index contributed by atoms with van der Waals surface area (Å²) in [6.07, 6.45) is 4.61. The molecule has 3 aromatic carbocycles. The van der Waals surface area contributed by atoms with Crippen molar-refractivity contribution in [1.82, 2.24) is 10.2 Å². The van der Waals surface area contributed by atoms with Crippen molar-refractivity contribution in [2.45, 2.75) is 56.5 Å². The van der Waals surface area contributed by atoms with Crippen molar-refractivity contribution in [3.05, 3.63) is 105 Å². The van der Waals surface area contributed by atoms with Crippen LogP contribution in [0.3, 0.4) is 0 Å². The molecule has 3 aromatic rings. The van der Waals surface area contributed by atoms with Crippen LogP contribution in [0.2, 0.25) is 15.1 Å². The fraction of sp³-hybridized carbons (Fsp3) is 0.333. The summed E-state index contributed by atoms with van der Waals surface area (Å²) < 4.78 is 0. The van der Waals surface area contributed by atoms with E-state index in [2.05, 4.69) is 5.32 Å². The molecule has 4 rings (SSSR count). The summed E-state index contributed by atoms with van der Waals surface area (Å²) in [6.45, 7) is 0.305. The highest BCUT2D eigenvalue weighted by atomic mass is 35.5. The molecule has 1 aliphatic carbocycles. The van der Waals surface area contributed by atoms with Gasteiger partial charge in [0.05, 0.1) is 5.75 Å². The first kappa shape index (κ1) is 28.8. The van der Waals surface area contributed by atoms with E-state index >= 15 is 0 Å². The van der Waals surface area contributed by atoms with E-state index in [1.807, 2.05) is 42.5 Å². The number of carbonyl (C=O) groups is 2. The molecule has 0 aromatic heterocycles. The fourth-order valence-corrected chi connectivity index (χ4v) is 6.47. The van der Waals surface area contributed by atoms with Crippen molar-refractivity contribution in [1.29, 1.82) is 0 Å². The first-order chi connectivity index (χ1) is 18.4. The van der Waals surface area contributed by atoms with E-state index in [-0.39, 0.29) is 23.6 Å². The normalized spacial score (nSPS) is 14.3. The molecule has 0 radical (unpaired) electrons. The third-order valence-electron chi connectivity index (χ3n) is 6.77. The lowest BCUT2D eigenvalue weighted by Gasteiger charge is -2.32. The number of amides is 2. The maximum Gasteiger partial charge on any atom is 0.243 e. The Hall–Kier alpha value is -2.18. The number of nitrogens with one attached hydrogen (secondary N) is 1. The van der Waals surface area contributed by atoms with Gasteiger partial charge in [-0.25, -0.2) is 0 Å². The lowest BCUT2D eigenvalue weighted by molar-refractivity contribution is -0.139. The molecule has 0 bridgehead atoms. The van der Waals surface area contributed by atoms with E-state index in [1.54, 1.807) is 35.2 Å². The quantitative estimate of drug-likeness (QED) is 0.251. The minimum Gasteiger partial charge on any atom is -0.352 e. The molecule has 0 heterocycles. The zero-order chi connectivity index (χ0) is 26.9. The second-order valence-corrected chi connectivity index (χ2v) is 11.8. The summed E-state index contributed by atoms with van der Waals surface area (Å²) in [6, 6.07) is 22.1. The van der Waals surface area contributed by atoms with Gasteiger partial charge in [0, 0.05) is 39.8 Å². The van der Waals surface area contributed by atoms with Crippen molar-refractivity contribution in [3.8, 4) is 0 Å². The number of benzene rings is 3. The number of carbonyl (C=O) groups excluding carboxylic acids is 2. The van der Waals surface area contributed by atoms with Gasteiger partial charge in [0.15, 0.2) is 0 Å². The van der Waals surface area contributed by atoms with Crippen LogP contribution in [0.4, 0.5) is 0 Å². The molecule has 4 nitrogen and oxygen atoms in total. The summed E-state index contributed by atoms with van der Waals surface area (Å²) in [5.41, 5.74) is 2.72. The molecule has 38 heavy (non-hydrogen) atoms. The first-order valence-electron chi connectivity index (χ1n) is 12.8. The molecule has 1 saturated carbocycles. The van der Waals surface area contributed by atoms with Crippen molar-refractivity contribution >= 4 is 58.4 Å². The molecular weight excluding hydrogens is 559 g/mol. The van der Waals surface area contributed by atoms with E-state index in [9.17, 15) is 9.59 Å². The van der Waals surface area contributed by atoms with Crippen LogP contribution in [0.5, 0.6) is 0 Å². The Morgan fingerprint density at radius 2 is 1.53 bits per heavy atom. The van der Waals surface area contributed by atoms with Gasteiger partial charge in [-0.15, -0.1) is 11.8 Å². The van der Waals surface area contributed by atoms with Crippen molar-refractivity contribution in [2.24, 2.45) is 0 Å². The zero-order valence-corrected chi connectivity index (χ0v) is 24.1. The highest BCUT2D eigenvalue weighted by Gasteiger charge is 2.32. The van der Waals surface area contributed by atoms with E-state index in [0.717, 1.165) is 42.4 Å². The Labute approximate surface area is 244 Å². The first-order valence-corrected chi connectivity index (χ1v) is 15.1. The predicted octanol–water partition coefficient (Wildman–Crippen LogP) is 7.58. The molecule has 1 atom stereocenters. The number of rotatable bonds is 11. The molecule has 1 fully saturated rings. The van der Waals surface area contributed by atoms with E-state index in [1.165, 1.54) is 11.8 Å². The lowest BCUT2D eigenvalue weighted by Crippen LogP contribution is -2.52. The van der Waals surface area contributed by atoms with Gasteiger partial charge >= 0.3 is 0 Å². The fourth-order valence-electron chi connectivity index (χ4n) is 4.70. The van der Waals surface area contributed by atoms with Crippen LogP contribution >= 0.6 is 46.6 Å². The van der Waals surface area contributed by atoms with E-state index in [4.69, 9.17) is 34.8 Å². The highest BCUT2D eigenvalue weighted by Crippen LogP contribution is 2.29. The van der Waals surface area contributed by atoms with Gasteiger partial charge in [-0.2, -0.15) is 0 Å². The maximum atomic E-state index is 13.8. The molecule has 0 aliphatic heterocycles. The van der Waals surface area contributed by atoms with Crippen LogP contribution in [0.25, 0.3) is 0 Å². The van der Waals surface area contributed by atoms with Crippen molar-refractivity contribution in [3.63, 3.8) is 0 Å². The minimum absolute atomic E-state index is 0.109. The molecule has 1 N–H and O–H groups in total. The largest absolute Gasteiger partial charge is 0.352 e. The summed E-state index contributed by atoms with van der Waals surface area (Å²) in [7, 11) is 0. The maximum absolute atomic E-state index is 13.8. The van der Waals surface area contributed by atoms with Crippen molar-refractivity contribution in [2.75, 3.05) is 5.75 Å². The number of thioether (sulfide) groups is 1. The monoisotopic (exact) mass is 588 g/mol. The van der Waals surface area contributed by atoms with E-state index in [0.29, 0.717) is 33.8 Å². The number of halogens is 3. The average molecular weight is 590 g/mol. The molecule has 1 aliphatic rings. The Morgan fingerprint density at radius 1 is 0.868 bits per heavy atom. The third kappa shape index (κ3) is 8.16. The molecule has 0 saturated heterocycles. The SMILES string of the molecule is O=C(NC1CCCC1)C(Cc1ccccc1)N(Cc1ccc(Cl)cc1)C(=O)CSCc1c(Cl)cccc1Cl. The summed E-state index contributed by atoms with van der Waals surface area (Å²) >= 11 is 20.2. The van der Waals surface area contributed by atoms with Gasteiger partial charge in [0.1, 0.15) is 6.04 Å². The van der Waals surface area contributed by atoms with Crippen molar-refractivity contribution < 1.29 is 9.59 Å². The van der Waals surface area contributed by atoms with Gasteiger partial charge in [-0.1, -0.05) is 96.2 Å². The molecule has 200 valence electrons. The average Bonchev–Trinajstić information content (AvgIpc) is 3.42. The summed E-state index contributed by atoms with van der Waals surface area (Å²) in [5.74, 6) is 0.464. The highest BCUT2D eigenvalue weighted by molar-refractivity contribution is 7.99. The van der Waals surface area contributed by atoms with Crippen LogP contribution in [-0.2, 0) is 28.3 Å². The third-order valence-corrected chi connectivity index (χ3v) is 8.68. The topological polar surface area (TPSA) is 49.4 Å². The van der Waals surface area contributed by atoms with Gasteiger partial charge in [-0.3, -0.25) is 9.59 Å². The zero-order valence-electron chi connectivity index (χ0n) is 21.0. The van der Waals surface area contributed by atoms with Crippen LogP contribution in [0.1, 0.15) is 42.4 Å². The summed E-state index contributed by atoms with van der Waals surface area (Å²) in [4.78, 5) is 29.2. The Bertz CT molecular complexity index is 1200. The second-order valence-electron chi connectivity index (χ2n) is 9.54. The molecule has 2 amide bonds. The van der Waals surface area contributed by atoms with Gasteiger partial charge in [-0.05, 0) is 53.8 Å². The molecule has 1 unspecified atom stereocenters. The van der Waals surface area contributed by atoms with Crippen LogP contribution in [0, 0.1) is 0 Å². The van der Waals surface area contributed by atoms with Gasteiger partial charge in [0.25, 0.3) is 0 Å². The summed E-state index contributed by atoms with van der Waals surface area (Å²) in [5, 5.41) is 5.01. The molecular formula is C30H31Cl3N2O2S. The van der Waals surface area contributed by atoms with E-state index < -0.39 is 6.04 Å². The van der Waals surface area contributed by atoms with Gasteiger partial charge < -0.3 is 10.2 Å². The Balaban J connectivity index is 1.57. The Kier molecular flexibility index (Phi) is 10.8. The number of hydrogen-bond donors (Lipinski definition) is 1.